The summed E-state index contributed by atoms with van der Waals surface area (Å²) >= 11 is 5.36. The first-order valence-electron chi connectivity index (χ1n) is 5.86. The van der Waals surface area contributed by atoms with Crippen LogP contribution in [0.1, 0.15) is 24.6 Å². The molecule has 5 heteroatoms. The number of rotatable bonds is 3. The third-order valence-corrected chi connectivity index (χ3v) is 4.96. The number of amides is 1. The van der Waals surface area contributed by atoms with Crippen molar-refractivity contribution in [2.24, 2.45) is 0 Å². The van der Waals surface area contributed by atoms with Crippen molar-refractivity contribution in [1.29, 1.82) is 0 Å². The number of halogens is 1. The average Bonchev–Trinajstić information content (AvgIpc) is 2.67. The van der Waals surface area contributed by atoms with E-state index < -0.39 is 0 Å². The number of carbonyl (C=O) groups is 1. The summed E-state index contributed by atoms with van der Waals surface area (Å²) in [6.45, 7) is 4.74. The highest BCUT2D eigenvalue weighted by atomic mass is 79.9. The Morgan fingerprint density at radius 3 is 2.82 bits per heavy atom. The molecule has 1 aromatic rings. The van der Waals surface area contributed by atoms with Gasteiger partial charge in [-0.05, 0) is 40.2 Å². The zero-order valence-corrected chi connectivity index (χ0v) is 12.3. The molecular weight excluding hydrogens is 300 g/mol. The predicted molar refractivity (Wildman–Crippen MR) is 74.1 cm³/mol. The topological polar surface area (TPSA) is 32.3 Å². The van der Waals surface area contributed by atoms with Crippen LogP contribution in [-0.2, 0) is 11.3 Å². The minimum absolute atomic E-state index is 0.0875. The molecule has 0 saturated carbocycles. The van der Waals surface area contributed by atoms with Gasteiger partial charge in [-0.1, -0.05) is 0 Å². The third-order valence-electron chi connectivity index (χ3n) is 3.05. The molecule has 2 rings (SSSR count). The van der Waals surface area contributed by atoms with Crippen molar-refractivity contribution in [1.82, 2.24) is 10.2 Å². The van der Waals surface area contributed by atoms with Crippen LogP contribution in [-0.4, -0.2) is 29.9 Å². The van der Waals surface area contributed by atoms with Crippen molar-refractivity contribution in [3.8, 4) is 0 Å². The Labute approximate surface area is 114 Å². The van der Waals surface area contributed by atoms with E-state index in [1.54, 1.807) is 18.3 Å². The maximum atomic E-state index is 11.0. The van der Waals surface area contributed by atoms with E-state index in [0.717, 1.165) is 32.5 Å². The summed E-state index contributed by atoms with van der Waals surface area (Å²) in [6, 6.07) is 2.47. The van der Waals surface area contributed by atoms with Crippen molar-refractivity contribution in [3.05, 3.63) is 20.8 Å². The van der Waals surface area contributed by atoms with Gasteiger partial charge in [0.2, 0.25) is 5.91 Å². The Hall–Kier alpha value is -0.390. The van der Waals surface area contributed by atoms with Gasteiger partial charge >= 0.3 is 0 Å². The molecule has 0 radical (unpaired) electrons. The molecule has 0 aromatic carbocycles. The molecule has 1 aliphatic heterocycles. The van der Waals surface area contributed by atoms with E-state index in [-0.39, 0.29) is 5.91 Å². The van der Waals surface area contributed by atoms with Crippen LogP contribution in [0.2, 0.25) is 0 Å². The largest absolute Gasteiger partial charge is 0.354 e. The van der Waals surface area contributed by atoms with Gasteiger partial charge < -0.3 is 5.32 Å². The Bertz CT molecular complexity index is 386. The maximum absolute atomic E-state index is 11.0. The van der Waals surface area contributed by atoms with Crippen molar-refractivity contribution in [3.63, 3.8) is 0 Å². The summed E-state index contributed by atoms with van der Waals surface area (Å²) in [7, 11) is 0. The van der Waals surface area contributed by atoms with E-state index in [0.29, 0.717) is 6.04 Å². The number of hydrogen-bond donors (Lipinski definition) is 1. The summed E-state index contributed by atoms with van der Waals surface area (Å²) in [5, 5.41) is 5.11. The molecule has 3 nitrogen and oxygen atoms in total. The van der Waals surface area contributed by atoms with Gasteiger partial charge in [-0.15, -0.1) is 11.3 Å². The highest BCUT2D eigenvalue weighted by molar-refractivity contribution is 9.10. The molecule has 0 bridgehead atoms. The van der Waals surface area contributed by atoms with E-state index in [1.807, 2.05) is 0 Å². The molecule has 1 aliphatic rings. The lowest BCUT2D eigenvalue weighted by atomic mass is 10.1. The second kappa shape index (κ2) is 5.98. The molecule has 17 heavy (non-hydrogen) atoms. The lowest BCUT2D eigenvalue weighted by molar-refractivity contribution is -0.119. The molecule has 0 spiro atoms. The minimum atomic E-state index is 0.0875. The van der Waals surface area contributed by atoms with E-state index in [1.165, 1.54) is 9.35 Å². The smallest absolute Gasteiger partial charge is 0.217 e. The molecule has 2 heterocycles. The highest BCUT2D eigenvalue weighted by Gasteiger charge is 2.20. The number of nitrogens with one attached hydrogen (secondary N) is 1. The first-order chi connectivity index (χ1) is 8.15. The number of likely N-dealkylation sites (tertiary alicyclic amines) is 1. The van der Waals surface area contributed by atoms with Crippen LogP contribution in [0.5, 0.6) is 0 Å². The number of piperidine rings is 1. The molecule has 1 N–H and O–H groups in total. The fraction of sp³-hybridized carbons (Fsp3) is 0.583. The summed E-state index contributed by atoms with van der Waals surface area (Å²) in [5.41, 5.74) is 0. The molecule has 0 unspecified atom stereocenters. The van der Waals surface area contributed by atoms with Crippen LogP contribution >= 0.6 is 27.3 Å². The standard InChI is InChI=1S/C12H17BrN2OS/c1-9(16)14-10-2-5-15(6-3-10)8-12-11(13)4-7-17-12/h4,7,10H,2-3,5-6,8H2,1H3,(H,14,16). The Morgan fingerprint density at radius 1 is 1.59 bits per heavy atom. The van der Waals surface area contributed by atoms with Gasteiger partial charge in [-0.3, -0.25) is 9.69 Å². The van der Waals surface area contributed by atoms with Gasteiger partial charge in [0.15, 0.2) is 0 Å². The number of hydrogen-bond acceptors (Lipinski definition) is 3. The van der Waals surface area contributed by atoms with E-state index in [4.69, 9.17) is 0 Å². The summed E-state index contributed by atoms with van der Waals surface area (Å²) in [4.78, 5) is 14.8. The Balaban J connectivity index is 1.79. The lowest BCUT2D eigenvalue weighted by Crippen LogP contribution is -2.43. The van der Waals surface area contributed by atoms with E-state index in [9.17, 15) is 4.79 Å². The quantitative estimate of drug-likeness (QED) is 0.929. The van der Waals surface area contributed by atoms with Gasteiger partial charge in [-0.2, -0.15) is 0 Å². The normalized spacial score (nSPS) is 18.2. The maximum Gasteiger partial charge on any atom is 0.217 e. The minimum Gasteiger partial charge on any atom is -0.354 e. The van der Waals surface area contributed by atoms with Gasteiger partial charge in [0.05, 0.1) is 0 Å². The van der Waals surface area contributed by atoms with Gasteiger partial charge in [0, 0.05) is 41.9 Å². The number of nitrogens with zero attached hydrogens (tertiary/aromatic N) is 1. The van der Waals surface area contributed by atoms with Gasteiger partial charge in [0.25, 0.3) is 0 Å². The van der Waals surface area contributed by atoms with Crippen molar-refractivity contribution < 1.29 is 4.79 Å². The monoisotopic (exact) mass is 316 g/mol. The number of thiophene rings is 1. The van der Waals surface area contributed by atoms with Crippen LogP contribution in [0.4, 0.5) is 0 Å². The second-order valence-corrected chi connectivity index (χ2v) is 6.30. The zero-order chi connectivity index (χ0) is 12.3. The molecule has 1 saturated heterocycles. The van der Waals surface area contributed by atoms with Crippen molar-refractivity contribution in [2.45, 2.75) is 32.4 Å². The highest BCUT2D eigenvalue weighted by Crippen LogP contribution is 2.25. The van der Waals surface area contributed by atoms with Crippen molar-refractivity contribution in [2.75, 3.05) is 13.1 Å². The first-order valence-corrected chi connectivity index (χ1v) is 7.54. The molecule has 1 amide bonds. The molecule has 1 fully saturated rings. The van der Waals surface area contributed by atoms with E-state index in [2.05, 4.69) is 37.6 Å². The summed E-state index contributed by atoms with van der Waals surface area (Å²) in [5.74, 6) is 0.0875. The van der Waals surface area contributed by atoms with Gasteiger partial charge in [0.1, 0.15) is 0 Å². The molecular formula is C12H17BrN2OS. The average molecular weight is 317 g/mol. The third kappa shape index (κ3) is 3.79. The van der Waals surface area contributed by atoms with Gasteiger partial charge in [-0.25, -0.2) is 0 Å². The lowest BCUT2D eigenvalue weighted by Gasteiger charge is -2.31. The van der Waals surface area contributed by atoms with Crippen molar-refractivity contribution >= 4 is 33.2 Å². The molecule has 1 aromatic heterocycles. The Morgan fingerprint density at radius 2 is 2.29 bits per heavy atom. The number of carbonyl (C=O) groups excluding carboxylic acids is 1. The summed E-state index contributed by atoms with van der Waals surface area (Å²) < 4.78 is 1.21. The van der Waals surface area contributed by atoms with Crippen LogP contribution in [0.25, 0.3) is 0 Å². The predicted octanol–water partition coefficient (Wildman–Crippen LogP) is 2.61. The fourth-order valence-corrected chi connectivity index (χ4v) is 3.68. The zero-order valence-electron chi connectivity index (χ0n) is 9.91. The molecule has 94 valence electrons. The SMILES string of the molecule is CC(=O)NC1CCN(Cc2sccc2Br)CC1. The van der Waals surface area contributed by atoms with Crippen LogP contribution < -0.4 is 5.32 Å². The Kier molecular flexibility index (Phi) is 4.59. The van der Waals surface area contributed by atoms with Crippen LogP contribution in [0, 0.1) is 0 Å². The molecule has 0 atom stereocenters. The second-order valence-electron chi connectivity index (χ2n) is 4.44. The summed E-state index contributed by atoms with van der Waals surface area (Å²) in [6.07, 6.45) is 2.12. The van der Waals surface area contributed by atoms with Crippen LogP contribution in [0.3, 0.4) is 0 Å². The first kappa shape index (κ1) is 13.1. The van der Waals surface area contributed by atoms with E-state index >= 15 is 0 Å². The molecule has 0 aliphatic carbocycles. The van der Waals surface area contributed by atoms with Crippen LogP contribution in [0.15, 0.2) is 15.9 Å². The fourth-order valence-electron chi connectivity index (χ4n) is 2.16.